The van der Waals surface area contributed by atoms with Gasteiger partial charge in [0.25, 0.3) is 0 Å². The largest absolute Gasteiger partial charge is 0.475 e. The molecule has 7 nitrogen and oxygen atoms in total. The van der Waals surface area contributed by atoms with Crippen LogP contribution in [0.1, 0.15) is 30.4 Å². The van der Waals surface area contributed by atoms with Gasteiger partial charge in [-0.25, -0.2) is 0 Å². The second kappa shape index (κ2) is 8.21. The number of rotatable bonds is 7. The van der Waals surface area contributed by atoms with Gasteiger partial charge in [-0.3, -0.25) is 0 Å². The van der Waals surface area contributed by atoms with E-state index in [4.69, 9.17) is 19.6 Å². The highest BCUT2D eigenvalue weighted by atomic mass is 16.7. The van der Waals surface area contributed by atoms with Crippen LogP contribution in [0.5, 0.6) is 0 Å². The number of diazo groups is 1. The summed E-state index contributed by atoms with van der Waals surface area (Å²) in [5.41, 5.74) is 0.515. The lowest BCUT2D eigenvalue weighted by Gasteiger charge is -2.18. The van der Waals surface area contributed by atoms with Gasteiger partial charge in [0.1, 0.15) is 0 Å². The molecule has 114 valence electrons. The summed E-state index contributed by atoms with van der Waals surface area (Å²) in [6, 6.07) is 6.74. The first-order chi connectivity index (χ1) is 10.1. The number of methoxy groups -OCH3 is 2. The second-order valence-electron chi connectivity index (χ2n) is 4.06. The van der Waals surface area contributed by atoms with Crippen LogP contribution in [0, 0.1) is 5.39 Å². The van der Waals surface area contributed by atoms with E-state index in [1.54, 1.807) is 31.2 Å². The van der Waals surface area contributed by atoms with Crippen LogP contribution < -0.4 is 0 Å². The number of hydrogen-bond acceptors (Lipinski definition) is 6. The van der Waals surface area contributed by atoms with E-state index < -0.39 is 24.0 Å². The van der Waals surface area contributed by atoms with Crippen molar-refractivity contribution in [3.05, 3.63) is 52.0 Å². The Bertz CT molecular complexity index is 534. The minimum absolute atomic E-state index is 0.165. The maximum Gasteiger partial charge on any atom is 0.472 e. The summed E-state index contributed by atoms with van der Waals surface area (Å²) in [5.74, 6) is -0.645. The minimum Gasteiger partial charge on any atom is -0.475 e. The molecule has 0 heterocycles. The third-order valence-corrected chi connectivity index (χ3v) is 2.84. The van der Waals surface area contributed by atoms with Crippen molar-refractivity contribution in [2.45, 2.75) is 19.3 Å². The molecule has 0 aliphatic rings. The molecule has 0 spiro atoms. The topological polar surface area (TPSA) is 96.3 Å². The molecule has 0 bridgehead atoms. The first kappa shape index (κ1) is 16.9. The van der Waals surface area contributed by atoms with Gasteiger partial charge in [0.2, 0.25) is 5.39 Å². The zero-order chi connectivity index (χ0) is 15.8. The Kier molecular flexibility index (Phi) is 6.62. The maximum absolute atomic E-state index is 10.3. The molecule has 1 aromatic carbocycles. The van der Waals surface area contributed by atoms with E-state index in [-0.39, 0.29) is 6.61 Å². The molecular formula is C14H19N2O5+. The standard InChI is InChI=1S/C14H18N2O5/c1-4-21-13(18)11(16-15)12(17)9-7-5-6-8-10(9)14(19-2)20-3/h5-8,12,14,17H,4H2,1-3H3/p+1/b13-11+. The van der Waals surface area contributed by atoms with Gasteiger partial charge in [0.15, 0.2) is 17.4 Å². The van der Waals surface area contributed by atoms with Gasteiger partial charge in [-0.05, 0) is 6.92 Å². The molecule has 1 unspecified atom stereocenters. The van der Waals surface area contributed by atoms with E-state index >= 15 is 0 Å². The number of hydrogen-bond donors (Lipinski definition) is 2. The van der Waals surface area contributed by atoms with Gasteiger partial charge in [-0.2, -0.15) is 0 Å². The quantitative estimate of drug-likeness (QED) is 0.456. The van der Waals surface area contributed by atoms with Gasteiger partial charge in [-0.15, -0.1) is 0 Å². The highest BCUT2D eigenvalue weighted by Gasteiger charge is 2.34. The van der Waals surface area contributed by atoms with E-state index in [1.807, 2.05) is 0 Å². The molecule has 7 heteroatoms. The van der Waals surface area contributed by atoms with Crippen LogP contribution in [-0.4, -0.2) is 31.0 Å². The number of benzene rings is 1. The highest BCUT2D eigenvalue weighted by Crippen LogP contribution is 2.32. The van der Waals surface area contributed by atoms with Crippen molar-refractivity contribution in [3.8, 4) is 0 Å². The predicted molar refractivity (Wildman–Crippen MR) is 74.5 cm³/mol. The molecule has 0 fully saturated rings. The highest BCUT2D eigenvalue weighted by molar-refractivity contribution is 5.36. The van der Waals surface area contributed by atoms with Crippen molar-refractivity contribution < 1.29 is 24.4 Å². The van der Waals surface area contributed by atoms with Crippen molar-refractivity contribution in [3.63, 3.8) is 0 Å². The molecule has 0 saturated carbocycles. The molecule has 21 heavy (non-hydrogen) atoms. The Morgan fingerprint density at radius 2 is 1.81 bits per heavy atom. The fourth-order valence-electron chi connectivity index (χ4n) is 1.90. The lowest BCUT2D eigenvalue weighted by atomic mass is 10.00. The van der Waals surface area contributed by atoms with Crippen LogP contribution in [0.2, 0.25) is 0 Å². The zero-order valence-electron chi connectivity index (χ0n) is 12.2. The van der Waals surface area contributed by atoms with Crippen LogP contribution in [0.4, 0.5) is 0 Å². The lowest BCUT2D eigenvalue weighted by molar-refractivity contribution is -0.107. The Balaban J connectivity index is 3.27. The van der Waals surface area contributed by atoms with Crippen molar-refractivity contribution in [2.75, 3.05) is 20.8 Å². The molecule has 0 aliphatic heterocycles. The Morgan fingerprint density at radius 3 is 2.29 bits per heavy atom. The monoisotopic (exact) mass is 295 g/mol. The molecule has 0 aliphatic carbocycles. The van der Waals surface area contributed by atoms with E-state index in [0.717, 1.165) is 0 Å². The van der Waals surface area contributed by atoms with Crippen LogP contribution >= 0.6 is 0 Å². The fraction of sp³-hybridized carbons (Fsp3) is 0.429. The Hall–Kier alpha value is -2.14. The number of aliphatic hydroxyl groups is 2. The van der Waals surface area contributed by atoms with Crippen molar-refractivity contribution in [2.24, 2.45) is 0 Å². The second-order valence-corrected chi connectivity index (χ2v) is 4.06. The lowest BCUT2D eigenvalue weighted by Crippen LogP contribution is -2.12. The molecule has 0 radical (unpaired) electrons. The predicted octanol–water partition coefficient (Wildman–Crippen LogP) is 2.63. The summed E-state index contributed by atoms with van der Waals surface area (Å²) in [6.45, 7) is 1.81. The summed E-state index contributed by atoms with van der Waals surface area (Å²) in [5, 5.41) is 29.0. The first-order valence-corrected chi connectivity index (χ1v) is 6.34. The molecule has 0 aromatic heterocycles. The summed E-state index contributed by atoms with van der Waals surface area (Å²) < 4.78 is 15.2. The van der Waals surface area contributed by atoms with Crippen LogP contribution in [0.15, 0.2) is 35.9 Å². The van der Waals surface area contributed by atoms with E-state index in [9.17, 15) is 10.2 Å². The Morgan fingerprint density at radius 1 is 1.24 bits per heavy atom. The average Bonchev–Trinajstić information content (AvgIpc) is 2.50. The summed E-state index contributed by atoms with van der Waals surface area (Å²) in [7, 11) is 2.92. The van der Waals surface area contributed by atoms with E-state index in [2.05, 4.69) is 4.98 Å². The van der Waals surface area contributed by atoms with Crippen molar-refractivity contribution in [1.82, 2.24) is 0 Å². The molecule has 2 N–H and O–H groups in total. The third kappa shape index (κ3) is 3.92. The van der Waals surface area contributed by atoms with Crippen LogP contribution in [0.3, 0.4) is 0 Å². The SMILES string of the molecule is CCO/C(O)=C(/[N+]#N)C(O)c1ccccc1C(OC)OC. The maximum atomic E-state index is 10.3. The van der Waals surface area contributed by atoms with Gasteiger partial charge in [-0.1, -0.05) is 24.3 Å². The average molecular weight is 295 g/mol. The normalized spacial score (nSPS) is 13.5. The molecular weight excluding hydrogens is 276 g/mol. The number of aliphatic hydroxyl groups excluding tert-OH is 2. The first-order valence-electron chi connectivity index (χ1n) is 6.34. The smallest absolute Gasteiger partial charge is 0.472 e. The number of nitrogens with zero attached hydrogens (tertiary/aromatic N) is 2. The third-order valence-electron chi connectivity index (χ3n) is 2.84. The molecule has 1 aromatic rings. The van der Waals surface area contributed by atoms with Crippen LogP contribution in [0.25, 0.3) is 4.98 Å². The molecule has 0 saturated heterocycles. The van der Waals surface area contributed by atoms with Gasteiger partial charge in [0, 0.05) is 25.3 Å². The minimum atomic E-state index is -1.40. The summed E-state index contributed by atoms with van der Waals surface area (Å²) in [4.78, 5) is 2.91. The van der Waals surface area contributed by atoms with E-state index in [1.165, 1.54) is 14.2 Å². The van der Waals surface area contributed by atoms with Gasteiger partial charge < -0.3 is 24.4 Å². The number of ether oxygens (including phenoxy) is 3. The summed E-state index contributed by atoms with van der Waals surface area (Å²) in [6.07, 6.45) is -2.10. The molecule has 0 amide bonds. The van der Waals surface area contributed by atoms with Crippen molar-refractivity contribution in [1.29, 1.82) is 5.39 Å². The van der Waals surface area contributed by atoms with E-state index in [0.29, 0.717) is 11.1 Å². The zero-order valence-corrected chi connectivity index (χ0v) is 12.2. The molecule has 1 atom stereocenters. The van der Waals surface area contributed by atoms with Crippen molar-refractivity contribution >= 4 is 0 Å². The fourth-order valence-corrected chi connectivity index (χ4v) is 1.90. The Labute approximate surface area is 123 Å². The van der Waals surface area contributed by atoms with Gasteiger partial charge in [0.05, 0.1) is 6.61 Å². The van der Waals surface area contributed by atoms with Gasteiger partial charge >= 0.3 is 11.6 Å². The van der Waals surface area contributed by atoms with Crippen LogP contribution in [-0.2, 0) is 14.2 Å². The summed E-state index contributed by atoms with van der Waals surface area (Å²) >= 11 is 0. The molecule has 1 rings (SSSR count).